The van der Waals surface area contributed by atoms with Gasteiger partial charge in [-0.15, -0.1) is 0 Å². The van der Waals surface area contributed by atoms with Gasteiger partial charge in [0.25, 0.3) is 0 Å². The molecule has 218 valence electrons. The molecule has 0 amide bonds. The van der Waals surface area contributed by atoms with Gasteiger partial charge < -0.3 is 24.1 Å². The van der Waals surface area contributed by atoms with Gasteiger partial charge >= 0.3 is 11.9 Å². The van der Waals surface area contributed by atoms with Crippen LogP contribution in [0.25, 0.3) is 10.8 Å². The Labute approximate surface area is 243 Å². The number of carbonyl (C=O) groups excluding carboxylic acids is 1. The van der Waals surface area contributed by atoms with Crippen molar-refractivity contribution in [1.82, 2.24) is 0 Å². The van der Waals surface area contributed by atoms with Gasteiger partial charge in [0.05, 0.1) is 31.8 Å². The van der Waals surface area contributed by atoms with E-state index in [-0.39, 0.29) is 36.2 Å². The third kappa shape index (κ3) is 6.55. The van der Waals surface area contributed by atoms with E-state index in [2.05, 4.69) is 0 Å². The second-order valence-electron chi connectivity index (χ2n) is 10.6. The second-order valence-corrected chi connectivity index (χ2v) is 10.6. The van der Waals surface area contributed by atoms with Crippen molar-refractivity contribution < 1.29 is 38.0 Å². The first-order valence-corrected chi connectivity index (χ1v) is 13.9. The molecule has 0 radical (unpaired) electrons. The molecule has 1 aliphatic rings. The molecular formula is C34H33FO7. The van der Waals surface area contributed by atoms with Gasteiger partial charge in [-0.25, -0.2) is 9.18 Å². The van der Waals surface area contributed by atoms with Crippen molar-refractivity contribution in [1.29, 1.82) is 0 Å². The number of esters is 1. The van der Waals surface area contributed by atoms with E-state index in [0.29, 0.717) is 32.3 Å². The third-order valence-corrected chi connectivity index (χ3v) is 7.83. The molecule has 5 rings (SSSR count). The standard InChI is InChI=1S/C34H33FO7/c1-39-30-19-29(35)31(18-28(30)32(36)37)42-26-14-16-34(17-15-26,22-40-20-23-8-3-2-4-9-23)33(38)41-21-25-12-7-11-24-10-5-6-13-27(24)25/h2-13,18-19,26H,14-17,20-22H2,1H3,(H,36,37)/t26-,34+. The molecule has 1 N–H and O–H groups in total. The summed E-state index contributed by atoms with van der Waals surface area (Å²) in [4.78, 5) is 25.3. The maximum absolute atomic E-state index is 14.7. The number of halogens is 1. The Morgan fingerprint density at radius 2 is 1.62 bits per heavy atom. The SMILES string of the molecule is COc1cc(F)c(O[C@H]2CC[C@@](COCc3ccccc3)(C(=O)OCc3cccc4ccccc34)CC2)cc1C(=O)O. The van der Waals surface area contributed by atoms with Crippen LogP contribution in [-0.4, -0.2) is 36.9 Å². The summed E-state index contributed by atoms with van der Waals surface area (Å²) in [5, 5.41) is 11.6. The van der Waals surface area contributed by atoms with Crippen LogP contribution in [-0.2, 0) is 27.5 Å². The topological polar surface area (TPSA) is 91.3 Å². The van der Waals surface area contributed by atoms with Gasteiger partial charge in [-0.05, 0) is 47.6 Å². The van der Waals surface area contributed by atoms with Crippen molar-refractivity contribution in [3.05, 3.63) is 107 Å². The van der Waals surface area contributed by atoms with E-state index in [1.165, 1.54) is 7.11 Å². The first kappa shape index (κ1) is 29.1. The van der Waals surface area contributed by atoms with Crippen molar-refractivity contribution in [2.45, 2.75) is 45.0 Å². The Kier molecular flexibility index (Phi) is 9.03. The summed E-state index contributed by atoms with van der Waals surface area (Å²) in [5.41, 5.74) is 0.829. The Hall–Kier alpha value is -4.43. The summed E-state index contributed by atoms with van der Waals surface area (Å²) in [7, 11) is 1.28. The van der Waals surface area contributed by atoms with Crippen molar-refractivity contribution >= 4 is 22.7 Å². The number of fused-ring (bicyclic) bond motifs is 1. The highest BCUT2D eigenvalue weighted by molar-refractivity contribution is 5.91. The first-order chi connectivity index (χ1) is 20.4. The smallest absolute Gasteiger partial charge is 0.339 e. The molecular weight excluding hydrogens is 539 g/mol. The van der Waals surface area contributed by atoms with Gasteiger partial charge in [-0.3, -0.25) is 4.79 Å². The molecule has 0 saturated heterocycles. The summed E-state index contributed by atoms with van der Waals surface area (Å²) in [6, 6.07) is 25.7. The molecule has 8 heteroatoms. The van der Waals surface area contributed by atoms with Crippen molar-refractivity contribution in [3.8, 4) is 11.5 Å². The van der Waals surface area contributed by atoms with E-state index >= 15 is 0 Å². The first-order valence-electron chi connectivity index (χ1n) is 13.9. The summed E-state index contributed by atoms with van der Waals surface area (Å²) in [5.74, 6) is -2.55. The van der Waals surface area contributed by atoms with E-state index < -0.39 is 23.3 Å². The van der Waals surface area contributed by atoms with E-state index in [1.54, 1.807) is 0 Å². The van der Waals surface area contributed by atoms with Crippen molar-refractivity contribution in [2.75, 3.05) is 13.7 Å². The number of ether oxygens (including phenoxy) is 4. The van der Waals surface area contributed by atoms with Gasteiger partial charge in [0, 0.05) is 12.1 Å². The lowest BCUT2D eigenvalue weighted by Crippen LogP contribution is -2.43. The Morgan fingerprint density at radius 3 is 2.36 bits per heavy atom. The van der Waals surface area contributed by atoms with Crippen molar-refractivity contribution in [3.63, 3.8) is 0 Å². The monoisotopic (exact) mass is 572 g/mol. The van der Waals surface area contributed by atoms with Crippen LogP contribution < -0.4 is 9.47 Å². The molecule has 42 heavy (non-hydrogen) atoms. The zero-order valence-electron chi connectivity index (χ0n) is 23.4. The van der Waals surface area contributed by atoms with Crippen LogP contribution in [0.5, 0.6) is 11.5 Å². The van der Waals surface area contributed by atoms with E-state index in [0.717, 1.165) is 34.0 Å². The van der Waals surface area contributed by atoms with Crippen LogP contribution >= 0.6 is 0 Å². The number of hydrogen-bond donors (Lipinski definition) is 1. The Morgan fingerprint density at radius 1 is 0.905 bits per heavy atom. The normalized spacial score (nSPS) is 18.4. The van der Waals surface area contributed by atoms with E-state index in [9.17, 15) is 19.1 Å². The molecule has 7 nitrogen and oxygen atoms in total. The molecule has 0 aromatic heterocycles. The highest BCUT2D eigenvalue weighted by Crippen LogP contribution is 2.41. The molecule has 0 spiro atoms. The molecule has 0 unspecified atom stereocenters. The average Bonchev–Trinajstić information content (AvgIpc) is 3.01. The quantitative estimate of drug-likeness (QED) is 0.194. The van der Waals surface area contributed by atoms with E-state index in [4.69, 9.17) is 18.9 Å². The summed E-state index contributed by atoms with van der Waals surface area (Å²) in [6.45, 7) is 0.659. The molecule has 1 saturated carbocycles. The molecule has 0 bridgehead atoms. The largest absolute Gasteiger partial charge is 0.496 e. The third-order valence-electron chi connectivity index (χ3n) is 7.83. The highest BCUT2D eigenvalue weighted by Gasteiger charge is 2.44. The molecule has 1 fully saturated rings. The van der Waals surface area contributed by atoms with Crippen LogP contribution in [0.15, 0.2) is 84.9 Å². The fraction of sp³-hybridized carbons (Fsp3) is 0.294. The minimum atomic E-state index is -1.25. The minimum Gasteiger partial charge on any atom is -0.496 e. The molecule has 4 aromatic rings. The maximum atomic E-state index is 14.7. The van der Waals surface area contributed by atoms with Crippen LogP contribution in [0.1, 0.15) is 47.2 Å². The van der Waals surface area contributed by atoms with Crippen LogP contribution in [0.3, 0.4) is 0 Å². The average molecular weight is 573 g/mol. The molecule has 0 atom stereocenters. The lowest BCUT2D eigenvalue weighted by molar-refractivity contribution is -0.166. The number of benzene rings is 4. The molecule has 4 aromatic carbocycles. The number of hydrogen-bond acceptors (Lipinski definition) is 6. The summed E-state index contributed by atoms with van der Waals surface area (Å²) >= 11 is 0. The number of carbonyl (C=O) groups is 2. The van der Waals surface area contributed by atoms with E-state index in [1.807, 2.05) is 72.8 Å². The van der Waals surface area contributed by atoms with Gasteiger partial charge in [0.1, 0.15) is 17.9 Å². The van der Waals surface area contributed by atoms with Crippen molar-refractivity contribution in [2.24, 2.45) is 5.41 Å². The van der Waals surface area contributed by atoms with Gasteiger partial charge in [0.2, 0.25) is 0 Å². The summed E-state index contributed by atoms with van der Waals surface area (Å²) < 4.78 is 37.6. The van der Waals surface area contributed by atoms with Gasteiger partial charge in [-0.2, -0.15) is 0 Å². The van der Waals surface area contributed by atoms with Gasteiger partial charge in [-0.1, -0.05) is 72.8 Å². The lowest BCUT2D eigenvalue weighted by Gasteiger charge is -2.38. The molecule has 0 aliphatic heterocycles. The number of carboxylic acids is 1. The van der Waals surface area contributed by atoms with Gasteiger partial charge in [0.15, 0.2) is 11.6 Å². The summed E-state index contributed by atoms with van der Waals surface area (Å²) in [6.07, 6.45) is 1.27. The Bertz CT molecular complexity index is 1540. The molecule has 1 aliphatic carbocycles. The van der Waals surface area contributed by atoms with Crippen LogP contribution in [0.4, 0.5) is 4.39 Å². The lowest BCUT2D eigenvalue weighted by atomic mass is 9.73. The number of rotatable bonds is 11. The highest BCUT2D eigenvalue weighted by atomic mass is 19.1. The van der Waals surface area contributed by atoms with Crippen LogP contribution in [0.2, 0.25) is 0 Å². The number of carboxylic acid groups (broad SMARTS) is 1. The number of aromatic carboxylic acids is 1. The fourth-order valence-electron chi connectivity index (χ4n) is 5.46. The predicted molar refractivity (Wildman–Crippen MR) is 155 cm³/mol. The fourth-order valence-corrected chi connectivity index (χ4v) is 5.46. The zero-order chi connectivity index (χ0) is 29.5. The van der Waals surface area contributed by atoms with Crippen LogP contribution in [0, 0.1) is 11.2 Å². The maximum Gasteiger partial charge on any atom is 0.339 e. The minimum absolute atomic E-state index is 0.0838. The zero-order valence-corrected chi connectivity index (χ0v) is 23.4. The Balaban J connectivity index is 1.29. The number of methoxy groups -OCH3 is 1. The predicted octanol–water partition coefficient (Wildman–Crippen LogP) is 6.95. The second kappa shape index (κ2) is 13.0. The molecule has 0 heterocycles.